The summed E-state index contributed by atoms with van der Waals surface area (Å²) in [4.78, 5) is 1.18. The van der Waals surface area contributed by atoms with Crippen LogP contribution in [0.4, 0.5) is 5.69 Å². The highest BCUT2D eigenvalue weighted by molar-refractivity contribution is 8.00. The SMILES string of the molecule is CCc1ccc2c(c1)CCC(C1CCC1)N2Sc1ccc(OCC2CCOCC2)c(CO)c1. The van der Waals surface area contributed by atoms with Crippen LogP contribution in [0, 0.1) is 11.8 Å². The molecule has 4 nitrogen and oxygen atoms in total. The molecule has 5 heteroatoms. The molecule has 178 valence electrons. The van der Waals surface area contributed by atoms with Crippen LogP contribution in [-0.2, 0) is 24.2 Å². The van der Waals surface area contributed by atoms with Crippen molar-refractivity contribution in [2.24, 2.45) is 11.8 Å². The summed E-state index contributed by atoms with van der Waals surface area (Å²) in [5.41, 5.74) is 5.17. The number of rotatable bonds is 8. The van der Waals surface area contributed by atoms with E-state index in [1.165, 1.54) is 53.8 Å². The summed E-state index contributed by atoms with van der Waals surface area (Å²) < 4.78 is 14.2. The highest BCUT2D eigenvalue weighted by atomic mass is 32.2. The number of hydrogen-bond donors (Lipinski definition) is 1. The van der Waals surface area contributed by atoms with Gasteiger partial charge in [-0.15, -0.1) is 0 Å². The van der Waals surface area contributed by atoms with Gasteiger partial charge in [0.1, 0.15) is 5.75 Å². The molecule has 1 saturated carbocycles. The van der Waals surface area contributed by atoms with Crippen LogP contribution in [-0.4, -0.2) is 31.0 Å². The molecule has 2 aliphatic heterocycles. The van der Waals surface area contributed by atoms with Crippen LogP contribution in [0.2, 0.25) is 0 Å². The molecule has 1 unspecified atom stereocenters. The first-order valence-corrected chi connectivity index (χ1v) is 13.6. The standard InChI is InChI=1S/C28H37NO3S/c1-2-20-6-9-27-23(16-20)7-10-26(22-4-3-5-22)29(27)33-25-8-11-28(24(17-25)18-30)32-19-21-12-14-31-15-13-21/h6,8-9,11,16-17,21-22,26,30H,2-5,7,10,12-15,18-19H2,1H3. The molecule has 1 atom stereocenters. The van der Waals surface area contributed by atoms with Crippen LogP contribution in [0.5, 0.6) is 5.75 Å². The first-order chi connectivity index (χ1) is 16.2. The zero-order chi connectivity index (χ0) is 22.6. The Morgan fingerprint density at radius 2 is 1.91 bits per heavy atom. The number of aliphatic hydroxyl groups excluding tert-OH is 1. The van der Waals surface area contributed by atoms with Crippen LogP contribution in [0.3, 0.4) is 0 Å². The predicted octanol–water partition coefficient (Wildman–Crippen LogP) is 6.18. The summed E-state index contributed by atoms with van der Waals surface area (Å²) in [5, 5.41) is 10.1. The van der Waals surface area contributed by atoms with Crippen molar-refractivity contribution >= 4 is 17.6 Å². The maximum absolute atomic E-state index is 10.1. The second-order valence-electron chi connectivity index (χ2n) is 9.83. The third kappa shape index (κ3) is 5.21. The molecule has 1 aliphatic carbocycles. The van der Waals surface area contributed by atoms with Gasteiger partial charge in [-0.05, 0) is 104 Å². The number of anilines is 1. The van der Waals surface area contributed by atoms with Crippen LogP contribution in [0.1, 0.15) is 62.1 Å². The topological polar surface area (TPSA) is 41.9 Å². The fraction of sp³-hybridized carbons (Fsp3) is 0.571. The van der Waals surface area contributed by atoms with Crippen LogP contribution < -0.4 is 9.04 Å². The Bertz CT molecular complexity index is 939. The lowest BCUT2D eigenvalue weighted by Gasteiger charge is -2.45. The van der Waals surface area contributed by atoms with Gasteiger partial charge in [-0.3, -0.25) is 0 Å². The summed E-state index contributed by atoms with van der Waals surface area (Å²) in [6, 6.07) is 14.0. The number of ether oxygens (including phenoxy) is 2. The lowest BCUT2D eigenvalue weighted by Crippen LogP contribution is -2.42. The fourth-order valence-electron chi connectivity index (χ4n) is 5.35. The van der Waals surface area contributed by atoms with Crippen LogP contribution in [0.15, 0.2) is 41.3 Å². The Morgan fingerprint density at radius 1 is 1.06 bits per heavy atom. The summed E-state index contributed by atoms with van der Waals surface area (Å²) in [6.07, 6.45) is 9.68. The van der Waals surface area contributed by atoms with E-state index in [0.717, 1.165) is 49.7 Å². The van der Waals surface area contributed by atoms with E-state index in [1.807, 2.05) is 11.9 Å². The Hall–Kier alpha value is -1.69. The van der Waals surface area contributed by atoms with Crippen molar-refractivity contribution in [1.29, 1.82) is 0 Å². The normalized spacial score (nSPS) is 21.5. The largest absolute Gasteiger partial charge is 0.493 e. The first-order valence-electron chi connectivity index (χ1n) is 12.8. The van der Waals surface area contributed by atoms with Gasteiger partial charge in [0.25, 0.3) is 0 Å². The minimum Gasteiger partial charge on any atom is -0.493 e. The van der Waals surface area contributed by atoms with E-state index < -0.39 is 0 Å². The van der Waals surface area contributed by atoms with Gasteiger partial charge in [-0.25, -0.2) is 0 Å². The molecule has 2 aromatic carbocycles. The van der Waals surface area contributed by atoms with E-state index in [2.05, 4.69) is 47.6 Å². The van der Waals surface area contributed by atoms with Crippen molar-refractivity contribution in [2.75, 3.05) is 24.1 Å². The van der Waals surface area contributed by atoms with E-state index in [1.54, 1.807) is 0 Å². The quantitative estimate of drug-likeness (QED) is 0.470. The van der Waals surface area contributed by atoms with Gasteiger partial charge in [-0.2, -0.15) is 0 Å². The average Bonchev–Trinajstić information content (AvgIpc) is 2.83. The number of nitrogens with zero attached hydrogens (tertiary/aromatic N) is 1. The Balaban J connectivity index is 1.34. The third-order valence-corrected chi connectivity index (χ3v) is 8.84. The molecular weight excluding hydrogens is 430 g/mol. The molecule has 0 radical (unpaired) electrons. The Morgan fingerprint density at radius 3 is 2.64 bits per heavy atom. The van der Waals surface area contributed by atoms with E-state index in [-0.39, 0.29) is 6.61 Å². The predicted molar refractivity (Wildman–Crippen MR) is 135 cm³/mol. The van der Waals surface area contributed by atoms with Crippen molar-refractivity contribution in [3.63, 3.8) is 0 Å². The smallest absolute Gasteiger partial charge is 0.124 e. The lowest BCUT2D eigenvalue weighted by molar-refractivity contribution is 0.0494. The summed E-state index contributed by atoms with van der Waals surface area (Å²) in [5.74, 6) is 2.16. The van der Waals surface area contributed by atoms with Crippen LogP contribution in [0.25, 0.3) is 0 Å². The van der Waals surface area contributed by atoms with Gasteiger partial charge >= 0.3 is 0 Å². The summed E-state index contributed by atoms with van der Waals surface area (Å²) >= 11 is 1.84. The summed E-state index contributed by atoms with van der Waals surface area (Å²) in [6.45, 7) is 4.59. The molecule has 0 aromatic heterocycles. The van der Waals surface area contributed by atoms with Gasteiger partial charge in [0.05, 0.1) is 18.9 Å². The van der Waals surface area contributed by atoms with E-state index in [9.17, 15) is 5.11 Å². The number of hydrogen-bond acceptors (Lipinski definition) is 5. The zero-order valence-corrected chi connectivity index (χ0v) is 20.6. The molecule has 5 rings (SSSR count). The van der Waals surface area contributed by atoms with Crippen molar-refractivity contribution in [2.45, 2.75) is 75.8 Å². The summed E-state index contributed by atoms with van der Waals surface area (Å²) in [7, 11) is 0. The number of fused-ring (bicyclic) bond motifs is 1. The van der Waals surface area contributed by atoms with Gasteiger partial charge in [0.2, 0.25) is 0 Å². The van der Waals surface area contributed by atoms with E-state index in [4.69, 9.17) is 9.47 Å². The number of aliphatic hydroxyl groups is 1. The molecule has 0 amide bonds. The maximum Gasteiger partial charge on any atom is 0.124 e. The van der Waals surface area contributed by atoms with Gasteiger partial charge in [0, 0.05) is 29.7 Å². The van der Waals surface area contributed by atoms with Crippen molar-refractivity contribution in [3.05, 3.63) is 53.1 Å². The first kappa shape index (κ1) is 23.1. The van der Waals surface area contributed by atoms with E-state index in [0.29, 0.717) is 18.6 Å². The molecule has 0 spiro atoms. The lowest BCUT2D eigenvalue weighted by atomic mass is 9.76. The molecule has 2 aromatic rings. The second-order valence-corrected chi connectivity index (χ2v) is 10.9. The van der Waals surface area contributed by atoms with Gasteiger partial charge in [-0.1, -0.05) is 25.5 Å². The molecule has 33 heavy (non-hydrogen) atoms. The highest BCUT2D eigenvalue weighted by Gasteiger charge is 2.36. The molecule has 2 heterocycles. The second kappa shape index (κ2) is 10.7. The molecule has 1 N–H and O–H groups in total. The maximum atomic E-state index is 10.1. The van der Waals surface area contributed by atoms with Crippen LogP contribution >= 0.6 is 11.9 Å². The molecular formula is C28H37NO3S. The number of benzene rings is 2. The molecule has 0 bridgehead atoms. The van der Waals surface area contributed by atoms with Gasteiger partial charge < -0.3 is 18.9 Å². The van der Waals surface area contributed by atoms with Gasteiger partial charge in [0.15, 0.2) is 0 Å². The molecule has 1 saturated heterocycles. The van der Waals surface area contributed by atoms with E-state index >= 15 is 0 Å². The Labute approximate surface area is 202 Å². The molecule has 3 aliphatic rings. The Kier molecular flexibility index (Phi) is 7.49. The monoisotopic (exact) mass is 467 g/mol. The third-order valence-electron chi connectivity index (χ3n) is 7.72. The number of aryl methyl sites for hydroxylation is 2. The van der Waals surface area contributed by atoms with Crippen molar-refractivity contribution in [3.8, 4) is 5.75 Å². The minimum absolute atomic E-state index is 0.0000116. The highest BCUT2D eigenvalue weighted by Crippen LogP contribution is 2.46. The molecule has 2 fully saturated rings. The average molecular weight is 468 g/mol. The fourth-order valence-corrected chi connectivity index (χ4v) is 6.59. The minimum atomic E-state index is 0.0000116. The zero-order valence-electron chi connectivity index (χ0n) is 19.8. The van der Waals surface area contributed by atoms with Crippen molar-refractivity contribution < 1.29 is 14.6 Å². The van der Waals surface area contributed by atoms with Crippen molar-refractivity contribution in [1.82, 2.24) is 0 Å².